The minimum atomic E-state index is -3.37. The highest BCUT2D eigenvalue weighted by Gasteiger charge is 2.22. The van der Waals surface area contributed by atoms with Gasteiger partial charge in [0.15, 0.2) is 6.10 Å². The summed E-state index contributed by atoms with van der Waals surface area (Å²) < 4.78 is 30.3. The van der Waals surface area contributed by atoms with Crippen molar-refractivity contribution in [2.24, 2.45) is 0 Å². The number of hydrogen-bond acceptors (Lipinski definition) is 5. The Balaban J connectivity index is 2.12. The average molecular weight is 462 g/mol. The number of benzene rings is 2. The molecule has 2 rings (SSSR count). The van der Waals surface area contributed by atoms with Gasteiger partial charge in [-0.3, -0.25) is 13.9 Å². The molecule has 0 unspecified atom stereocenters. The van der Waals surface area contributed by atoms with Crippen LogP contribution in [0.3, 0.4) is 0 Å². The number of para-hydroxylation sites is 1. The molecule has 8 nitrogen and oxygen atoms in total. The van der Waals surface area contributed by atoms with Gasteiger partial charge in [0.1, 0.15) is 5.75 Å². The second-order valence-electron chi connectivity index (χ2n) is 7.56. The molecule has 9 heteroatoms. The molecular weight excluding hydrogens is 430 g/mol. The van der Waals surface area contributed by atoms with Crippen LogP contribution in [0.4, 0.5) is 11.4 Å². The summed E-state index contributed by atoms with van der Waals surface area (Å²) in [6, 6.07) is 13.3. The second-order valence-corrected chi connectivity index (χ2v) is 9.57. The molecule has 2 amide bonds. The fourth-order valence-electron chi connectivity index (χ4n) is 2.82. The number of anilines is 2. The zero-order valence-electron chi connectivity index (χ0n) is 19.1. The van der Waals surface area contributed by atoms with Crippen LogP contribution >= 0.6 is 0 Å². The predicted molar refractivity (Wildman–Crippen MR) is 127 cm³/mol. The van der Waals surface area contributed by atoms with E-state index in [2.05, 4.69) is 10.6 Å². The molecule has 0 saturated heterocycles. The molecular formula is C23H31N3O5S. The Hall–Kier alpha value is -3.07. The quantitative estimate of drug-likeness (QED) is 0.564. The van der Waals surface area contributed by atoms with Gasteiger partial charge >= 0.3 is 0 Å². The zero-order chi connectivity index (χ0) is 23.9. The molecule has 2 N–H and O–H groups in total. The number of sulfonamides is 1. The van der Waals surface area contributed by atoms with Gasteiger partial charge in [-0.25, -0.2) is 8.42 Å². The van der Waals surface area contributed by atoms with Crippen molar-refractivity contribution in [1.29, 1.82) is 0 Å². The Kier molecular flexibility index (Phi) is 8.65. The van der Waals surface area contributed by atoms with Crippen molar-refractivity contribution in [1.82, 2.24) is 5.32 Å². The molecule has 0 aromatic heterocycles. The van der Waals surface area contributed by atoms with E-state index in [9.17, 15) is 18.0 Å². The molecule has 2 aromatic rings. The fraction of sp³-hybridized carbons (Fsp3) is 0.391. The van der Waals surface area contributed by atoms with E-state index >= 15 is 0 Å². The molecule has 0 radical (unpaired) electrons. The Labute approximate surface area is 190 Å². The lowest BCUT2D eigenvalue weighted by molar-refractivity contribution is -0.122. The number of nitrogens with one attached hydrogen (secondary N) is 2. The molecule has 0 aliphatic rings. The van der Waals surface area contributed by atoms with Gasteiger partial charge in [-0.05, 0) is 56.2 Å². The summed E-state index contributed by atoms with van der Waals surface area (Å²) in [5.74, 6) is -0.205. The summed E-state index contributed by atoms with van der Waals surface area (Å²) in [5, 5.41) is 5.69. The number of carbonyl (C=O) groups excluding carboxylic acids is 2. The molecule has 32 heavy (non-hydrogen) atoms. The number of hydrogen-bond donors (Lipinski definition) is 2. The largest absolute Gasteiger partial charge is 0.481 e. The molecule has 0 heterocycles. The third-order valence-corrected chi connectivity index (χ3v) is 6.26. The highest BCUT2D eigenvalue weighted by Crippen LogP contribution is 2.22. The standard InChI is InChI=1S/C23H31N3O5S/c1-6-16(3)24-22(27)19-10-8-9-11-20(19)25-23(28)21(7-2)31-18-14-12-17(13-15-18)26(4)32(5,29)30/h8-16,21H,6-7H2,1-5H3,(H,24,27)(H,25,28)/t16-,21-/m1/s1. The van der Waals surface area contributed by atoms with Crippen molar-refractivity contribution >= 4 is 33.2 Å². The minimum absolute atomic E-state index is 0.0164. The minimum Gasteiger partial charge on any atom is -0.481 e. The maximum Gasteiger partial charge on any atom is 0.265 e. The number of rotatable bonds is 10. The molecule has 0 saturated carbocycles. The Morgan fingerprint density at radius 1 is 1.03 bits per heavy atom. The topological polar surface area (TPSA) is 105 Å². The van der Waals surface area contributed by atoms with E-state index in [4.69, 9.17) is 4.74 Å². The van der Waals surface area contributed by atoms with Crippen molar-refractivity contribution in [3.8, 4) is 5.75 Å². The maximum atomic E-state index is 12.9. The van der Waals surface area contributed by atoms with Crippen molar-refractivity contribution in [2.45, 2.75) is 45.8 Å². The first-order valence-electron chi connectivity index (χ1n) is 10.5. The van der Waals surface area contributed by atoms with Crippen LogP contribution < -0.4 is 19.7 Å². The van der Waals surface area contributed by atoms with Crippen LogP contribution in [0.2, 0.25) is 0 Å². The molecule has 0 aliphatic carbocycles. The summed E-state index contributed by atoms with van der Waals surface area (Å²) in [6.45, 7) is 5.71. The van der Waals surface area contributed by atoms with Gasteiger partial charge in [-0.15, -0.1) is 0 Å². The number of carbonyl (C=O) groups is 2. The van der Waals surface area contributed by atoms with Gasteiger partial charge in [0.2, 0.25) is 10.0 Å². The summed E-state index contributed by atoms with van der Waals surface area (Å²) in [4.78, 5) is 25.4. The van der Waals surface area contributed by atoms with Crippen LogP contribution in [-0.4, -0.2) is 45.7 Å². The van der Waals surface area contributed by atoms with E-state index < -0.39 is 16.1 Å². The Morgan fingerprint density at radius 3 is 2.22 bits per heavy atom. The van der Waals surface area contributed by atoms with Crippen LogP contribution in [0.15, 0.2) is 48.5 Å². The third-order valence-electron chi connectivity index (χ3n) is 5.06. The van der Waals surface area contributed by atoms with Gasteiger partial charge in [0, 0.05) is 13.1 Å². The van der Waals surface area contributed by atoms with Gasteiger partial charge in [-0.2, -0.15) is 0 Å². The number of amides is 2. The first-order valence-corrected chi connectivity index (χ1v) is 12.3. The highest BCUT2D eigenvalue weighted by molar-refractivity contribution is 7.92. The van der Waals surface area contributed by atoms with Crippen LogP contribution in [0.1, 0.15) is 44.0 Å². The van der Waals surface area contributed by atoms with Crippen LogP contribution in [0.25, 0.3) is 0 Å². The van der Waals surface area contributed by atoms with Crippen LogP contribution in [0, 0.1) is 0 Å². The average Bonchev–Trinajstić information content (AvgIpc) is 2.76. The van der Waals surface area contributed by atoms with Crippen LogP contribution in [-0.2, 0) is 14.8 Å². The summed E-state index contributed by atoms with van der Waals surface area (Å²) in [5.41, 5.74) is 1.27. The van der Waals surface area contributed by atoms with Crippen molar-refractivity contribution < 1.29 is 22.7 Å². The van der Waals surface area contributed by atoms with E-state index in [1.807, 2.05) is 20.8 Å². The van der Waals surface area contributed by atoms with Crippen molar-refractivity contribution in [3.63, 3.8) is 0 Å². The van der Waals surface area contributed by atoms with Gasteiger partial charge in [0.25, 0.3) is 11.8 Å². The summed E-state index contributed by atoms with van der Waals surface area (Å²) in [6.07, 6.45) is 1.53. The molecule has 0 aliphatic heterocycles. The first kappa shape index (κ1) is 25.2. The smallest absolute Gasteiger partial charge is 0.265 e. The molecule has 0 fully saturated rings. The van der Waals surface area contributed by atoms with Gasteiger partial charge < -0.3 is 15.4 Å². The van der Waals surface area contributed by atoms with Crippen molar-refractivity contribution in [3.05, 3.63) is 54.1 Å². The Morgan fingerprint density at radius 2 is 1.66 bits per heavy atom. The molecule has 174 valence electrons. The Bertz CT molecular complexity index is 1040. The van der Waals surface area contributed by atoms with E-state index in [0.29, 0.717) is 29.1 Å². The van der Waals surface area contributed by atoms with E-state index in [0.717, 1.165) is 17.0 Å². The number of ether oxygens (including phenoxy) is 1. The van der Waals surface area contributed by atoms with E-state index in [1.165, 1.54) is 7.05 Å². The zero-order valence-corrected chi connectivity index (χ0v) is 19.9. The maximum absolute atomic E-state index is 12.9. The summed E-state index contributed by atoms with van der Waals surface area (Å²) >= 11 is 0. The fourth-order valence-corrected chi connectivity index (χ4v) is 3.32. The molecule has 0 spiro atoms. The lowest BCUT2D eigenvalue weighted by Crippen LogP contribution is -2.35. The van der Waals surface area contributed by atoms with E-state index in [-0.39, 0.29) is 17.9 Å². The molecule has 0 bridgehead atoms. The van der Waals surface area contributed by atoms with Crippen molar-refractivity contribution in [2.75, 3.05) is 22.9 Å². The second kappa shape index (κ2) is 11.0. The van der Waals surface area contributed by atoms with E-state index in [1.54, 1.807) is 48.5 Å². The monoisotopic (exact) mass is 461 g/mol. The summed E-state index contributed by atoms with van der Waals surface area (Å²) in [7, 11) is -1.91. The SMILES string of the molecule is CC[C@@H](C)NC(=O)c1ccccc1NC(=O)[C@@H](CC)Oc1ccc(N(C)S(C)(=O)=O)cc1. The third kappa shape index (κ3) is 6.71. The lowest BCUT2D eigenvalue weighted by Gasteiger charge is -2.20. The molecule has 2 aromatic carbocycles. The predicted octanol–water partition coefficient (Wildman–Crippen LogP) is 3.41. The molecule has 2 atom stereocenters. The lowest BCUT2D eigenvalue weighted by atomic mass is 10.1. The first-order chi connectivity index (χ1) is 15.1. The van der Waals surface area contributed by atoms with Gasteiger partial charge in [-0.1, -0.05) is 26.0 Å². The number of nitrogens with zero attached hydrogens (tertiary/aromatic N) is 1. The van der Waals surface area contributed by atoms with Crippen LogP contribution in [0.5, 0.6) is 5.75 Å². The van der Waals surface area contributed by atoms with Gasteiger partial charge in [0.05, 0.1) is 23.2 Å². The highest BCUT2D eigenvalue weighted by atomic mass is 32.2. The normalized spacial score (nSPS) is 13.0.